The highest BCUT2D eigenvalue weighted by atomic mass is 35.5. The summed E-state index contributed by atoms with van der Waals surface area (Å²) in [5.74, 6) is -1.38. The summed E-state index contributed by atoms with van der Waals surface area (Å²) in [4.78, 5) is 34.4. The van der Waals surface area contributed by atoms with E-state index >= 15 is 0 Å². The van der Waals surface area contributed by atoms with Crippen LogP contribution >= 0.6 is 23.2 Å². The van der Waals surface area contributed by atoms with Crippen molar-refractivity contribution in [3.63, 3.8) is 0 Å². The zero-order valence-electron chi connectivity index (χ0n) is 12.8. The van der Waals surface area contributed by atoms with Crippen LogP contribution in [0.15, 0.2) is 36.4 Å². The number of hydrogen-bond acceptors (Lipinski definition) is 6. The number of nitrogens with zero attached hydrogens (tertiary/aromatic N) is 1. The second kappa shape index (κ2) is 7.96. The van der Waals surface area contributed by atoms with Crippen molar-refractivity contribution >= 4 is 40.6 Å². The van der Waals surface area contributed by atoms with E-state index in [9.17, 15) is 19.7 Å². The fourth-order valence-corrected chi connectivity index (χ4v) is 2.49. The van der Waals surface area contributed by atoms with Crippen molar-refractivity contribution in [3.05, 3.63) is 67.7 Å². The molecular formula is C16H11Cl2NO6. The highest BCUT2D eigenvalue weighted by molar-refractivity contribution is 6.36. The fourth-order valence-electron chi connectivity index (χ4n) is 1.97. The molecule has 0 N–H and O–H groups in total. The lowest BCUT2D eigenvalue weighted by atomic mass is 10.1. The van der Waals surface area contributed by atoms with Crippen molar-refractivity contribution < 1.29 is 24.0 Å². The monoisotopic (exact) mass is 383 g/mol. The van der Waals surface area contributed by atoms with Gasteiger partial charge in [-0.1, -0.05) is 23.2 Å². The number of rotatable bonds is 6. The van der Waals surface area contributed by atoms with Gasteiger partial charge in [-0.15, -0.1) is 0 Å². The Balaban J connectivity index is 2.15. The Bertz CT molecular complexity index is 853. The third-order valence-corrected chi connectivity index (χ3v) is 3.73. The molecule has 25 heavy (non-hydrogen) atoms. The molecule has 0 saturated carbocycles. The van der Waals surface area contributed by atoms with Gasteiger partial charge in [-0.2, -0.15) is 0 Å². The molecule has 0 aliphatic rings. The van der Waals surface area contributed by atoms with Crippen LogP contribution in [0.4, 0.5) is 5.69 Å². The van der Waals surface area contributed by atoms with E-state index in [4.69, 9.17) is 32.7 Å². The first kappa shape index (κ1) is 18.7. The lowest BCUT2D eigenvalue weighted by molar-refractivity contribution is -0.384. The van der Waals surface area contributed by atoms with Gasteiger partial charge in [0.05, 0.1) is 17.1 Å². The average molecular weight is 384 g/mol. The average Bonchev–Trinajstić information content (AvgIpc) is 2.58. The lowest BCUT2D eigenvalue weighted by Crippen LogP contribution is -2.15. The van der Waals surface area contributed by atoms with Gasteiger partial charge in [-0.05, 0) is 24.3 Å². The summed E-state index contributed by atoms with van der Waals surface area (Å²) < 4.78 is 9.90. The van der Waals surface area contributed by atoms with Crippen molar-refractivity contribution in [2.75, 3.05) is 13.7 Å². The molecule has 2 rings (SSSR count). The Kier molecular flexibility index (Phi) is 5.95. The molecule has 9 heteroatoms. The molecule has 0 saturated heterocycles. The molecule has 0 spiro atoms. The maximum atomic E-state index is 12.1. The van der Waals surface area contributed by atoms with Crippen LogP contribution in [0.3, 0.4) is 0 Å². The first-order valence-corrected chi connectivity index (χ1v) is 7.57. The van der Waals surface area contributed by atoms with Crippen molar-refractivity contribution in [2.45, 2.75) is 0 Å². The number of nitro benzene ring substituents is 1. The summed E-state index contributed by atoms with van der Waals surface area (Å²) >= 11 is 11.7. The SMILES string of the molecule is COc1ccc([N+](=O)[O-])cc1C(=O)OCC(=O)c1ccc(Cl)cc1Cl. The number of ether oxygens (including phenoxy) is 2. The number of esters is 1. The normalized spacial score (nSPS) is 10.2. The molecule has 0 amide bonds. The molecule has 0 unspecified atom stereocenters. The molecule has 2 aromatic carbocycles. The Labute approximate surface area is 152 Å². The third-order valence-electron chi connectivity index (χ3n) is 3.18. The molecule has 0 aliphatic heterocycles. The van der Waals surface area contributed by atoms with Crippen LogP contribution in [0.25, 0.3) is 0 Å². The van der Waals surface area contributed by atoms with Crippen molar-refractivity contribution in [1.29, 1.82) is 0 Å². The van der Waals surface area contributed by atoms with Gasteiger partial charge in [0.25, 0.3) is 5.69 Å². The van der Waals surface area contributed by atoms with Gasteiger partial charge in [0.15, 0.2) is 6.61 Å². The quantitative estimate of drug-likeness (QED) is 0.324. The van der Waals surface area contributed by atoms with Gasteiger partial charge < -0.3 is 9.47 Å². The van der Waals surface area contributed by atoms with Crippen molar-refractivity contribution in [2.24, 2.45) is 0 Å². The van der Waals surface area contributed by atoms with E-state index in [-0.39, 0.29) is 27.6 Å². The van der Waals surface area contributed by atoms with Gasteiger partial charge in [0.2, 0.25) is 5.78 Å². The molecule has 2 aromatic rings. The first-order valence-electron chi connectivity index (χ1n) is 6.81. The number of ketones is 1. The van der Waals surface area contributed by atoms with E-state index in [0.717, 1.165) is 6.07 Å². The molecule has 7 nitrogen and oxygen atoms in total. The molecule has 0 aromatic heterocycles. The van der Waals surface area contributed by atoms with Crippen LogP contribution in [0.1, 0.15) is 20.7 Å². The summed E-state index contributed by atoms with van der Waals surface area (Å²) in [6, 6.07) is 7.75. The molecule has 130 valence electrons. The number of carbonyl (C=O) groups excluding carboxylic acids is 2. The van der Waals surface area contributed by atoms with Crippen molar-refractivity contribution in [3.8, 4) is 5.75 Å². The maximum absolute atomic E-state index is 12.1. The third kappa shape index (κ3) is 4.46. The lowest BCUT2D eigenvalue weighted by Gasteiger charge is -2.09. The Morgan fingerprint density at radius 1 is 1.12 bits per heavy atom. The molecule has 0 fully saturated rings. The number of non-ortho nitro benzene ring substituents is 1. The van der Waals surface area contributed by atoms with Gasteiger partial charge in [0, 0.05) is 22.7 Å². The number of hydrogen-bond donors (Lipinski definition) is 0. The molecule has 0 bridgehead atoms. The summed E-state index contributed by atoms with van der Waals surface area (Å²) in [6.07, 6.45) is 0. The minimum absolute atomic E-state index is 0.0903. The van der Waals surface area contributed by atoms with Gasteiger partial charge in [-0.25, -0.2) is 4.79 Å². The Morgan fingerprint density at radius 3 is 2.44 bits per heavy atom. The van der Waals surface area contributed by atoms with Crippen molar-refractivity contribution in [1.82, 2.24) is 0 Å². The summed E-state index contributed by atoms with van der Waals surface area (Å²) in [5, 5.41) is 11.3. The number of carbonyl (C=O) groups is 2. The number of nitro groups is 1. The molecule has 0 radical (unpaired) electrons. The zero-order valence-corrected chi connectivity index (χ0v) is 14.3. The van der Waals surface area contributed by atoms with E-state index in [1.54, 1.807) is 0 Å². The predicted molar refractivity (Wildman–Crippen MR) is 90.7 cm³/mol. The largest absolute Gasteiger partial charge is 0.496 e. The topological polar surface area (TPSA) is 95.7 Å². The Hall–Kier alpha value is -2.64. The van der Waals surface area contributed by atoms with E-state index in [1.165, 1.54) is 37.4 Å². The second-order valence-corrected chi connectivity index (χ2v) is 5.61. The van der Waals surface area contributed by atoms with E-state index in [1.807, 2.05) is 0 Å². The van der Waals surface area contributed by atoms with Gasteiger partial charge >= 0.3 is 5.97 Å². The summed E-state index contributed by atoms with van der Waals surface area (Å²) in [5.41, 5.74) is -0.323. The predicted octanol–water partition coefficient (Wildman–Crippen LogP) is 3.95. The van der Waals surface area contributed by atoms with Gasteiger partial charge in [0.1, 0.15) is 11.3 Å². The summed E-state index contributed by atoms with van der Waals surface area (Å²) in [7, 11) is 1.30. The standard InChI is InChI=1S/C16H11Cl2NO6/c1-24-15-5-3-10(19(22)23)7-12(15)16(21)25-8-14(20)11-4-2-9(17)6-13(11)18/h2-7H,8H2,1H3. The highest BCUT2D eigenvalue weighted by Crippen LogP contribution is 2.25. The molecule has 0 aliphatic carbocycles. The van der Waals surface area contributed by atoms with E-state index in [2.05, 4.69) is 0 Å². The number of methoxy groups -OCH3 is 1. The first-order chi connectivity index (χ1) is 11.8. The van der Waals surface area contributed by atoms with Crippen LogP contribution in [-0.2, 0) is 4.74 Å². The van der Waals surface area contributed by atoms with Crippen LogP contribution in [0, 0.1) is 10.1 Å². The van der Waals surface area contributed by atoms with E-state index < -0.39 is 23.3 Å². The maximum Gasteiger partial charge on any atom is 0.342 e. The number of Topliss-reactive ketones (excluding diaryl/α,β-unsaturated/α-hetero) is 1. The smallest absolute Gasteiger partial charge is 0.342 e. The highest BCUT2D eigenvalue weighted by Gasteiger charge is 2.20. The number of benzene rings is 2. The molecule has 0 atom stereocenters. The second-order valence-electron chi connectivity index (χ2n) is 4.77. The van der Waals surface area contributed by atoms with Crippen LogP contribution in [0.2, 0.25) is 10.0 Å². The number of halogens is 2. The van der Waals surface area contributed by atoms with Gasteiger partial charge in [-0.3, -0.25) is 14.9 Å². The fraction of sp³-hybridized carbons (Fsp3) is 0.125. The van der Waals surface area contributed by atoms with Crippen LogP contribution in [-0.4, -0.2) is 30.4 Å². The molecule has 0 heterocycles. The van der Waals surface area contributed by atoms with Crippen LogP contribution < -0.4 is 4.74 Å². The van der Waals surface area contributed by atoms with E-state index in [0.29, 0.717) is 5.02 Å². The summed E-state index contributed by atoms with van der Waals surface area (Å²) in [6.45, 7) is -0.591. The zero-order chi connectivity index (χ0) is 18.6. The molecular weight excluding hydrogens is 373 g/mol. The van der Waals surface area contributed by atoms with Crippen LogP contribution in [0.5, 0.6) is 5.75 Å². The minimum Gasteiger partial charge on any atom is -0.496 e. The Morgan fingerprint density at radius 2 is 1.84 bits per heavy atom. The minimum atomic E-state index is -0.931.